The number of hydrogen-bond acceptors (Lipinski definition) is 4. The maximum absolute atomic E-state index is 11.9. The molecule has 0 radical (unpaired) electrons. The van der Waals surface area contributed by atoms with Gasteiger partial charge in [0.1, 0.15) is 5.75 Å². The van der Waals surface area contributed by atoms with Crippen LogP contribution in [0.25, 0.3) is 0 Å². The molecule has 3 rings (SSSR count). The lowest BCUT2D eigenvalue weighted by atomic mass is 10.2. The van der Waals surface area contributed by atoms with E-state index >= 15 is 0 Å². The van der Waals surface area contributed by atoms with Crippen LogP contribution in [0.4, 0.5) is 0 Å². The average molecular weight is 375 g/mol. The molecule has 118 valence electrons. The van der Waals surface area contributed by atoms with Gasteiger partial charge in [-0.25, -0.2) is 0 Å². The summed E-state index contributed by atoms with van der Waals surface area (Å²) in [4.78, 5) is 11.9. The number of rotatable bonds is 3. The Morgan fingerprint density at radius 3 is 2.61 bits per heavy atom. The van der Waals surface area contributed by atoms with E-state index in [1.807, 2.05) is 48.5 Å². The molecule has 1 heterocycles. The van der Waals surface area contributed by atoms with Crippen molar-refractivity contribution in [3.05, 3.63) is 64.1 Å². The van der Waals surface area contributed by atoms with Gasteiger partial charge in [0.2, 0.25) is 18.0 Å². The van der Waals surface area contributed by atoms with E-state index in [0.717, 1.165) is 21.3 Å². The second kappa shape index (κ2) is 6.42. The summed E-state index contributed by atoms with van der Waals surface area (Å²) in [5, 5.41) is 5.67. The SMILES string of the molecule is COc1ccc(C2OC(c3cccc(Br)c3)=NN2C(C)=O)cc1. The van der Waals surface area contributed by atoms with Crippen molar-refractivity contribution >= 4 is 27.7 Å². The molecule has 0 spiro atoms. The first-order valence-electron chi connectivity index (χ1n) is 7.03. The van der Waals surface area contributed by atoms with Gasteiger partial charge in [-0.2, -0.15) is 5.01 Å². The van der Waals surface area contributed by atoms with Crippen molar-refractivity contribution in [3.63, 3.8) is 0 Å². The topological polar surface area (TPSA) is 51.1 Å². The number of benzene rings is 2. The van der Waals surface area contributed by atoms with Gasteiger partial charge in [0.15, 0.2) is 0 Å². The molecule has 5 nitrogen and oxygen atoms in total. The summed E-state index contributed by atoms with van der Waals surface area (Å²) >= 11 is 3.42. The van der Waals surface area contributed by atoms with Gasteiger partial charge in [0, 0.05) is 22.5 Å². The molecule has 0 aliphatic carbocycles. The molecule has 0 bridgehead atoms. The van der Waals surface area contributed by atoms with Gasteiger partial charge in [-0.05, 0) is 42.5 Å². The molecule has 6 heteroatoms. The highest BCUT2D eigenvalue weighted by molar-refractivity contribution is 9.10. The van der Waals surface area contributed by atoms with Crippen LogP contribution in [-0.2, 0) is 9.53 Å². The molecule has 1 aliphatic heterocycles. The highest BCUT2D eigenvalue weighted by Gasteiger charge is 2.33. The largest absolute Gasteiger partial charge is 0.497 e. The standard InChI is InChI=1S/C17H15BrN2O3/c1-11(21)20-17(12-6-8-15(22-2)9-7-12)23-16(19-20)13-4-3-5-14(18)10-13/h3-10,17H,1-2H3. The molecule has 1 atom stereocenters. The summed E-state index contributed by atoms with van der Waals surface area (Å²) in [6.07, 6.45) is -0.576. The Kier molecular flexibility index (Phi) is 4.34. The highest BCUT2D eigenvalue weighted by Crippen LogP contribution is 2.31. The molecule has 1 amide bonds. The van der Waals surface area contributed by atoms with E-state index in [-0.39, 0.29) is 5.91 Å². The van der Waals surface area contributed by atoms with E-state index in [0.29, 0.717) is 5.90 Å². The van der Waals surface area contributed by atoms with Crippen LogP contribution in [0.15, 0.2) is 58.1 Å². The molecular weight excluding hydrogens is 360 g/mol. The second-order valence-corrected chi connectivity index (χ2v) is 5.94. The van der Waals surface area contributed by atoms with Crippen LogP contribution in [0.5, 0.6) is 5.75 Å². The molecule has 1 unspecified atom stereocenters. The normalized spacial score (nSPS) is 16.7. The lowest BCUT2D eigenvalue weighted by Gasteiger charge is -2.19. The number of hydrazone groups is 1. The minimum absolute atomic E-state index is 0.184. The Bertz CT molecular complexity index is 759. The number of amides is 1. The molecule has 2 aromatic carbocycles. The summed E-state index contributed by atoms with van der Waals surface area (Å²) in [7, 11) is 1.61. The van der Waals surface area contributed by atoms with Crippen molar-refractivity contribution in [2.24, 2.45) is 5.10 Å². The molecule has 0 fully saturated rings. The van der Waals surface area contributed by atoms with E-state index < -0.39 is 6.23 Å². The molecule has 0 saturated heterocycles. The summed E-state index contributed by atoms with van der Waals surface area (Å²) in [6, 6.07) is 15.0. The smallest absolute Gasteiger partial charge is 0.243 e. The molecule has 0 aromatic heterocycles. The van der Waals surface area contributed by atoms with Crippen LogP contribution < -0.4 is 4.74 Å². The Balaban J connectivity index is 1.92. The van der Waals surface area contributed by atoms with Crippen LogP contribution in [0.2, 0.25) is 0 Å². The molecule has 0 saturated carbocycles. The van der Waals surface area contributed by atoms with Crippen LogP contribution in [0.3, 0.4) is 0 Å². The Morgan fingerprint density at radius 2 is 2.00 bits per heavy atom. The zero-order chi connectivity index (χ0) is 16.4. The minimum Gasteiger partial charge on any atom is -0.497 e. The average Bonchev–Trinajstić information content (AvgIpc) is 3.00. The van der Waals surface area contributed by atoms with Gasteiger partial charge in [-0.15, -0.1) is 5.10 Å². The third kappa shape index (κ3) is 3.22. The van der Waals surface area contributed by atoms with Crippen molar-refractivity contribution in [1.82, 2.24) is 5.01 Å². The van der Waals surface area contributed by atoms with E-state index in [4.69, 9.17) is 9.47 Å². The first-order chi connectivity index (χ1) is 11.1. The predicted octanol–water partition coefficient (Wildman–Crippen LogP) is 3.70. The van der Waals surface area contributed by atoms with Crippen molar-refractivity contribution in [2.75, 3.05) is 7.11 Å². The molecule has 0 N–H and O–H groups in total. The molecule has 2 aromatic rings. The fourth-order valence-electron chi connectivity index (χ4n) is 2.29. The van der Waals surface area contributed by atoms with Crippen molar-refractivity contribution in [1.29, 1.82) is 0 Å². The Labute approximate surface area is 142 Å². The number of carbonyl (C=O) groups excluding carboxylic acids is 1. The Morgan fingerprint density at radius 1 is 1.26 bits per heavy atom. The Hall–Kier alpha value is -2.34. The maximum atomic E-state index is 11.9. The van der Waals surface area contributed by atoms with Gasteiger partial charge in [-0.3, -0.25) is 4.79 Å². The van der Waals surface area contributed by atoms with Gasteiger partial charge in [-0.1, -0.05) is 22.0 Å². The van der Waals surface area contributed by atoms with E-state index in [1.165, 1.54) is 11.9 Å². The van der Waals surface area contributed by atoms with Crippen molar-refractivity contribution < 1.29 is 14.3 Å². The van der Waals surface area contributed by atoms with Crippen molar-refractivity contribution in [3.8, 4) is 5.75 Å². The van der Waals surface area contributed by atoms with E-state index in [1.54, 1.807) is 7.11 Å². The summed E-state index contributed by atoms with van der Waals surface area (Å²) in [5.41, 5.74) is 1.64. The number of methoxy groups -OCH3 is 1. The number of carbonyl (C=O) groups is 1. The molecular formula is C17H15BrN2O3. The fraction of sp³-hybridized carbons (Fsp3) is 0.176. The van der Waals surface area contributed by atoms with Gasteiger partial charge >= 0.3 is 0 Å². The number of nitrogens with zero attached hydrogens (tertiary/aromatic N) is 2. The third-order valence-corrected chi connectivity index (χ3v) is 3.93. The van der Waals surface area contributed by atoms with Gasteiger partial charge in [0.25, 0.3) is 0 Å². The van der Waals surface area contributed by atoms with E-state index in [9.17, 15) is 4.79 Å². The van der Waals surface area contributed by atoms with Crippen molar-refractivity contribution in [2.45, 2.75) is 13.2 Å². The highest BCUT2D eigenvalue weighted by atomic mass is 79.9. The zero-order valence-corrected chi connectivity index (χ0v) is 14.3. The number of halogens is 1. The first-order valence-corrected chi connectivity index (χ1v) is 7.83. The minimum atomic E-state index is -0.576. The summed E-state index contributed by atoms with van der Waals surface area (Å²) in [5.74, 6) is 0.979. The monoisotopic (exact) mass is 374 g/mol. The molecule has 1 aliphatic rings. The quantitative estimate of drug-likeness (QED) is 0.822. The lowest BCUT2D eigenvalue weighted by Crippen LogP contribution is -2.25. The summed E-state index contributed by atoms with van der Waals surface area (Å²) in [6.45, 7) is 1.47. The second-order valence-electron chi connectivity index (χ2n) is 5.02. The summed E-state index contributed by atoms with van der Waals surface area (Å²) < 4.78 is 12.0. The molecule has 23 heavy (non-hydrogen) atoms. The maximum Gasteiger partial charge on any atom is 0.243 e. The van der Waals surface area contributed by atoms with E-state index in [2.05, 4.69) is 21.0 Å². The predicted molar refractivity (Wildman–Crippen MR) is 90.0 cm³/mol. The van der Waals surface area contributed by atoms with Crippen LogP contribution in [-0.4, -0.2) is 23.9 Å². The van der Waals surface area contributed by atoms with Crippen LogP contribution in [0.1, 0.15) is 24.3 Å². The van der Waals surface area contributed by atoms with Crippen LogP contribution >= 0.6 is 15.9 Å². The number of ether oxygens (including phenoxy) is 2. The lowest BCUT2D eigenvalue weighted by molar-refractivity contribution is -0.135. The zero-order valence-electron chi connectivity index (χ0n) is 12.7. The fourth-order valence-corrected chi connectivity index (χ4v) is 2.69. The van der Waals surface area contributed by atoms with Gasteiger partial charge < -0.3 is 9.47 Å². The van der Waals surface area contributed by atoms with Crippen LogP contribution in [0, 0.1) is 0 Å². The van der Waals surface area contributed by atoms with Gasteiger partial charge in [0.05, 0.1) is 7.11 Å². The third-order valence-electron chi connectivity index (χ3n) is 3.44. The number of hydrogen-bond donors (Lipinski definition) is 0. The first kappa shape index (κ1) is 15.6.